The maximum absolute atomic E-state index is 5.72. The average molecular weight is 303 g/mol. The van der Waals surface area contributed by atoms with Gasteiger partial charge in [0.2, 0.25) is 0 Å². The van der Waals surface area contributed by atoms with Crippen LogP contribution < -0.4 is 5.32 Å². The number of imidazole rings is 1. The van der Waals surface area contributed by atoms with Gasteiger partial charge in [0.1, 0.15) is 12.6 Å². The highest BCUT2D eigenvalue weighted by Crippen LogP contribution is 2.27. The molecule has 4 heterocycles. The molecule has 2 aliphatic rings. The van der Waals surface area contributed by atoms with E-state index in [9.17, 15) is 0 Å². The Morgan fingerprint density at radius 3 is 2.86 bits per heavy atom. The molecule has 2 aromatic rings. The topological polar surface area (TPSA) is 74.1 Å². The fourth-order valence-electron chi connectivity index (χ4n) is 3.20. The van der Waals surface area contributed by atoms with E-state index in [2.05, 4.69) is 20.3 Å². The molecule has 0 amide bonds. The van der Waals surface area contributed by atoms with Crippen LogP contribution in [0, 0.1) is 0 Å². The number of rotatable bonds is 5. The zero-order valence-corrected chi connectivity index (χ0v) is 12.6. The summed E-state index contributed by atoms with van der Waals surface area (Å²) < 4.78 is 13.4. The lowest BCUT2D eigenvalue weighted by Crippen LogP contribution is -2.13. The van der Waals surface area contributed by atoms with Crippen LogP contribution in [0.5, 0.6) is 0 Å². The van der Waals surface area contributed by atoms with Crippen LogP contribution in [0.1, 0.15) is 38.3 Å². The zero-order chi connectivity index (χ0) is 14.8. The number of fused-ring (bicyclic) bond motifs is 1. The summed E-state index contributed by atoms with van der Waals surface area (Å²) in [7, 11) is 0. The quantitative estimate of drug-likeness (QED) is 0.912. The Bertz CT molecular complexity index is 632. The second-order valence-electron chi connectivity index (χ2n) is 5.86. The second-order valence-corrected chi connectivity index (χ2v) is 5.86. The van der Waals surface area contributed by atoms with E-state index in [-0.39, 0.29) is 6.23 Å². The van der Waals surface area contributed by atoms with Gasteiger partial charge in [0.25, 0.3) is 0 Å². The van der Waals surface area contributed by atoms with Gasteiger partial charge in [-0.1, -0.05) is 0 Å². The third-order valence-corrected chi connectivity index (χ3v) is 4.36. The van der Waals surface area contributed by atoms with Crippen molar-refractivity contribution in [3.8, 4) is 0 Å². The molecule has 0 radical (unpaired) electrons. The highest BCUT2D eigenvalue weighted by molar-refractivity contribution is 5.82. The van der Waals surface area contributed by atoms with Crippen molar-refractivity contribution in [3.05, 3.63) is 12.7 Å². The Labute approximate surface area is 129 Å². The highest BCUT2D eigenvalue weighted by Gasteiger charge is 2.21. The second kappa shape index (κ2) is 6.18. The summed E-state index contributed by atoms with van der Waals surface area (Å²) in [6.07, 6.45) is 9.26. The van der Waals surface area contributed by atoms with Gasteiger partial charge in [-0.15, -0.1) is 0 Å². The van der Waals surface area contributed by atoms with E-state index in [1.165, 1.54) is 6.42 Å². The van der Waals surface area contributed by atoms with Crippen molar-refractivity contribution in [1.82, 2.24) is 19.5 Å². The van der Waals surface area contributed by atoms with Crippen molar-refractivity contribution in [2.75, 3.05) is 25.1 Å². The van der Waals surface area contributed by atoms with Crippen molar-refractivity contribution >= 4 is 17.0 Å². The third kappa shape index (κ3) is 2.66. The first-order valence-electron chi connectivity index (χ1n) is 8.06. The summed E-state index contributed by atoms with van der Waals surface area (Å²) in [6.45, 7) is 2.54. The predicted molar refractivity (Wildman–Crippen MR) is 81.6 cm³/mol. The molecule has 2 fully saturated rings. The Hall–Kier alpha value is -1.73. The summed E-state index contributed by atoms with van der Waals surface area (Å²) in [4.78, 5) is 13.2. The van der Waals surface area contributed by atoms with Gasteiger partial charge in [0.15, 0.2) is 17.0 Å². The van der Waals surface area contributed by atoms with Crippen LogP contribution in [0.25, 0.3) is 11.2 Å². The normalized spacial score (nSPS) is 25.1. The molecule has 2 aromatic heterocycles. The Balaban J connectivity index is 1.48. The molecule has 2 atom stereocenters. The standard InChI is InChI=1S/C15H21N5O2/c1-3-11(21-7-1)5-6-16-14-13-15(18-9-17-14)20(10-19-13)12-4-2-8-22-12/h9-12H,1-8H2,(H,16,17,18). The summed E-state index contributed by atoms with van der Waals surface area (Å²) >= 11 is 0. The number of nitrogens with zero attached hydrogens (tertiary/aromatic N) is 4. The maximum atomic E-state index is 5.72. The third-order valence-electron chi connectivity index (χ3n) is 4.36. The molecule has 118 valence electrons. The minimum absolute atomic E-state index is 0.0552. The predicted octanol–water partition coefficient (Wildman–Crippen LogP) is 2.12. The molecule has 0 bridgehead atoms. The average Bonchev–Trinajstić information content (AvgIpc) is 3.28. The van der Waals surface area contributed by atoms with E-state index in [4.69, 9.17) is 9.47 Å². The lowest BCUT2D eigenvalue weighted by molar-refractivity contribution is 0.0593. The Morgan fingerprint density at radius 1 is 1.14 bits per heavy atom. The molecule has 0 spiro atoms. The van der Waals surface area contributed by atoms with Crippen LogP contribution in [-0.2, 0) is 9.47 Å². The summed E-state index contributed by atoms with van der Waals surface area (Å²) in [5, 5.41) is 3.37. The number of anilines is 1. The van der Waals surface area contributed by atoms with Crippen molar-refractivity contribution in [1.29, 1.82) is 0 Å². The largest absolute Gasteiger partial charge is 0.378 e. The van der Waals surface area contributed by atoms with Gasteiger partial charge in [-0.05, 0) is 32.1 Å². The van der Waals surface area contributed by atoms with Crippen molar-refractivity contribution < 1.29 is 9.47 Å². The maximum Gasteiger partial charge on any atom is 0.167 e. The number of ether oxygens (including phenoxy) is 2. The fraction of sp³-hybridized carbons (Fsp3) is 0.667. The zero-order valence-electron chi connectivity index (χ0n) is 12.6. The molecule has 2 saturated heterocycles. The van der Waals surface area contributed by atoms with E-state index in [1.54, 1.807) is 12.7 Å². The SMILES string of the molecule is c1nc(NCCC2CCCO2)c2ncn(C3CCCO3)c2n1. The molecule has 22 heavy (non-hydrogen) atoms. The lowest BCUT2D eigenvalue weighted by atomic mass is 10.2. The van der Waals surface area contributed by atoms with Crippen LogP contribution in [0.4, 0.5) is 5.82 Å². The lowest BCUT2D eigenvalue weighted by Gasteiger charge is -2.12. The minimum atomic E-state index is 0.0552. The molecule has 0 saturated carbocycles. The van der Waals surface area contributed by atoms with E-state index < -0.39 is 0 Å². The van der Waals surface area contributed by atoms with Gasteiger partial charge < -0.3 is 14.8 Å². The van der Waals surface area contributed by atoms with Gasteiger partial charge in [-0.3, -0.25) is 4.57 Å². The molecule has 7 nitrogen and oxygen atoms in total. The molecular formula is C15H21N5O2. The number of hydrogen-bond acceptors (Lipinski definition) is 6. The van der Waals surface area contributed by atoms with E-state index in [0.717, 1.165) is 62.4 Å². The van der Waals surface area contributed by atoms with Gasteiger partial charge >= 0.3 is 0 Å². The van der Waals surface area contributed by atoms with Crippen molar-refractivity contribution in [3.63, 3.8) is 0 Å². The van der Waals surface area contributed by atoms with Gasteiger partial charge in [0, 0.05) is 19.8 Å². The van der Waals surface area contributed by atoms with Gasteiger partial charge in [-0.2, -0.15) is 0 Å². The number of nitrogens with one attached hydrogen (secondary N) is 1. The Kier molecular flexibility index (Phi) is 3.90. The van der Waals surface area contributed by atoms with E-state index in [1.807, 2.05) is 4.57 Å². The van der Waals surface area contributed by atoms with Crippen molar-refractivity contribution in [2.45, 2.75) is 44.4 Å². The fourth-order valence-corrected chi connectivity index (χ4v) is 3.20. The van der Waals surface area contributed by atoms with Crippen molar-refractivity contribution in [2.24, 2.45) is 0 Å². The van der Waals surface area contributed by atoms with Crippen LogP contribution in [0.15, 0.2) is 12.7 Å². The molecule has 0 aromatic carbocycles. The van der Waals surface area contributed by atoms with Crippen LogP contribution in [0.3, 0.4) is 0 Å². The molecule has 7 heteroatoms. The molecule has 2 aliphatic heterocycles. The number of aromatic nitrogens is 4. The number of hydrogen-bond donors (Lipinski definition) is 1. The summed E-state index contributed by atoms with van der Waals surface area (Å²) in [5.74, 6) is 0.791. The first-order valence-corrected chi connectivity index (χ1v) is 8.06. The Morgan fingerprint density at radius 2 is 2.05 bits per heavy atom. The molecule has 1 N–H and O–H groups in total. The first kappa shape index (κ1) is 13.9. The van der Waals surface area contributed by atoms with Gasteiger partial charge in [-0.25, -0.2) is 15.0 Å². The molecular weight excluding hydrogens is 282 g/mol. The molecule has 4 rings (SSSR count). The summed E-state index contributed by atoms with van der Waals surface area (Å²) in [6, 6.07) is 0. The minimum Gasteiger partial charge on any atom is -0.378 e. The van der Waals surface area contributed by atoms with Gasteiger partial charge in [0.05, 0.1) is 12.4 Å². The summed E-state index contributed by atoms with van der Waals surface area (Å²) in [5.41, 5.74) is 1.65. The van der Waals surface area contributed by atoms with E-state index in [0.29, 0.717) is 6.10 Å². The van der Waals surface area contributed by atoms with Crippen LogP contribution in [-0.4, -0.2) is 45.4 Å². The highest BCUT2D eigenvalue weighted by atomic mass is 16.5. The van der Waals surface area contributed by atoms with E-state index >= 15 is 0 Å². The molecule has 2 unspecified atom stereocenters. The smallest absolute Gasteiger partial charge is 0.167 e. The van der Waals surface area contributed by atoms with Crippen LogP contribution >= 0.6 is 0 Å². The molecule has 0 aliphatic carbocycles. The first-order chi connectivity index (χ1) is 10.9. The van der Waals surface area contributed by atoms with Crippen LogP contribution in [0.2, 0.25) is 0 Å². The monoisotopic (exact) mass is 303 g/mol.